The van der Waals surface area contributed by atoms with Crippen LogP contribution in [0.4, 0.5) is 0 Å². The Kier molecular flexibility index (Phi) is 6.48. The highest BCUT2D eigenvalue weighted by atomic mass is 16.7. The molecule has 0 spiro atoms. The number of nitrogens with two attached hydrogens (primary N) is 1. The molecule has 1 aliphatic rings. The van der Waals surface area contributed by atoms with E-state index in [1.54, 1.807) is 12.1 Å². The summed E-state index contributed by atoms with van der Waals surface area (Å²) >= 11 is 0. The smallest absolute Gasteiger partial charge is 0.284 e. The highest BCUT2D eigenvalue weighted by Crippen LogP contribution is 2.13. The topological polar surface area (TPSA) is 104 Å². The van der Waals surface area contributed by atoms with Crippen LogP contribution >= 0.6 is 0 Å². The lowest BCUT2D eigenvalue weighted by molar-refractivity contribution is -0.724. The van der Waals surface area contributed by atoms with E-state index in [-0.39, 0.29) is 24.1 Å². The van der Waals surface area contributed by atoms with Crippen molar-refractivity contribution in [2.75, 3.05) is 6.54 Å². The third kappa shape index (κ3) is 5.19. The SMILES string of the molecule is NC(=[NH+]OC(=O)CCCCCN1C(=O)CCC1=O)c1ccccc1. The van der Waals surface area contributed by atoms with Crippen LogP contribution in [0.3, 0.4) is 0 Å². The summed E-state index contributed by atoms with van der Waals surface area (Å²) in [5.41, 5.74) is 6.52. The van der Waals surface area contributed by atoms with E-state index in [1.165, 1.54) is 4.90 Å². The summed E-state index contributed by atoms with van der Waals surface area (Å²) in [6.07, 6.45) is 2.94. The minimum absolute atomic E-state index is 0.101. The van der Waals surface area contributed by atoms with Crippen LogP contribution in [0.2, 0.25) is 0 Å². The molecular weight excluding hydrogens is 310 g/mol. The van der Waals surface area contributed by atoms with Crippen LogP contribution in [0, 0.1) is 0 Å². The number of amidine groups is 1. The fourth-order valence-corrected chi connectivity index (χ4v) is 2.43. The Hall–Kier alpha value is -2.70. The molecule has 2 amide bonds. The van der Waals surface area contributed by atoms with Crippen LogP contribution in [-0.4, -0.2) is 35.1 Å². The molecule has 7 heteroatoms. The first kappa shape index (κ1) is 17.7. The number of imide groups is 1. The van der Waals surface area contributed by atoms with Gasteiger partial charge in [0.2, 0.25) is 11.8 Å². The summed E-state index contributed by atoms with van der Waals surface area (Å²) in [7, 11) is 0. The Balaban J connectivity index is 1.61. The molecule has 1 aliphatic heterocycles. The van der Waals surface area contributed by atoms with Crippen LogP contribution in [0.1, 0.15) is 44.1 Å². The van der Waals surface area contributed by atoms with Gasteiger partial charge in [-0.25, -0.2) is 4.79 Å². The van der Waals surface area contributed by atoms with Crippen LogP contribution in [0.25, 0.3) is 0 Å². The molecule has 0 unspecified atom stereocenters. The second kappa shape index (κ2) is 8.81. The van der Waals surface area contributed by atoms with E-state index in [9.17, 15) is 14.4 Å². The van der Waals surface area contributed by atoms with E-state index >= 15 is 0 Å². The average molecular weight is 332 g/mol. The van der Waals surface area contributed by atoms with Gasteiger partial charge in [0.25, 0.3) is 0 Å². The predicted octanol–water partition coefficient (Wildman–Crippen LogP) is -0.360. The van der Waals surface area contributed by atoms with Gasteiger partial charge in [-0.2, -0.15) is 0 Å². The van der Waals surface area contributed by atoms with Gasteiger partial charge in [0, 0.05) is 19.4 Å². The third-order valence-electron chi connectivity index (χ3n) is 3.78. The van der Waals surface area contributed by atoms with Gasteiger partial charge in [0.15, 0.2) is 0 Å². The molecule has 1 aromatic carbocycles. The number of amides is 2. The number of hydrogen-bond acceptors (Lipinski definition) is 4. The van der Waals surface area contributed by atoms with E-state index in [0.717, 1.165) is 12.0 Å². The number of rotatable bonds is 8. The highest BCUT2D eigenvalue weighted by Gasteiger charge is 2.27. The number of carbonyl (C=O) groups excluding carboxylic acids is 3. The maximum absolute atomic E-state index is 11.6. The quantitative estimate of drug-likeness (QED) is 0.169. The number of nitrogens with one attached hydrogen (secondary N) is 1. The van der Waals surface area contributed by atoms with Crippen molar-refractivity contribution in [3.05, 3.63) is 35.9 Å². The van der Waals surface area contributed by atoms with Crippen LogP contribution in [0.15, 0.2) is 30.3 Å². The van der Waals surface area contributed by atoms with Gasteiger partial charge >= 0.3 is 11.8 Å². The zero-order chi connectivity index (χ0) is 17.4. The summed E-state index contributed by atoms with van der Waals surface area (Å²) < 4.78 is 0. The zero-order valence-corrected chi connectivity index (χ0v) is 13.5. The van der Waals surface area contributed by atoms with Crippen LogP contribution in [-0.2, 0) is 19.2 Å². The normalized spacial score (nSPS) is 15.0. The first-order chi connectivity index (χ1) is 11.6. The van der Waals surface area contributed by atoms with Crippen molar-refractivity contribution in [3.8, 4) is 0 Å². The average Bonchev–Trinajstić information content (AvgIpc) is 2.92. The molecule has 0 aliphatic carbocycles. The van der Waals surface area contributed by atoms with Crippen molar-refractivity contribution >= 4 is 23.6 Å². The molecule has 0 radical (unpaired) electrons. The predicted molar refractivity (Wildman–Crippen MR) is 86.2 cm³/mol. The number of benzene rings is 1. The largest absolute Gasteiger partial charge is 0.357 e. The summed E-state index contributed by atoms with van der Waals surface area (Å²) in [6, 6.07) is 9.14. The first-order valence-corrected chi connectivity index (χ1v) is 8.04. The van der Waals surface area contributed by atoms with E-state index in [4.69, 9.17) is 10.6 Å². The fraction of sp³-hybridized carbons (Fsp3) is 0.412. The summed E-state index contributed by atoms with van der Waals surface area (Å²) in [5, 5.41) is 2.44. The fourth-order valence-electron chi connectivity index (χ4n) is 2.43. The molecular formula is C17H22N3O4+. The summed E-state index contributed by atoms with van der Waals surface area (Å²) in [5.74, 6) is -0.330. The lowest BCUT2D eigenvalue weighted by Gasteiger charge is -2.12. The molecule has 3 N–H and O–H groups in total. The maximum atomic E-state index is 11.6. The Morgan fingerprint density at radius 1 is 1.08 bits per heavy atom. The standard InChI is InChI=1S/C17H21N3O4/c18-17(13-7-3-1-4-8-13)19-24-16(23)9-5-2-6-12-20-14(21)10-11-15(20)22/h1,3-4,7-8H,2,5-6,9-12H2,(H2,18,19)/p+1. The van der Waals surface area contributed by atoms with Crippen molar-refractivity contribution in [1.29, 1.82) is 0 Å². The lowest BCUT2D eigenvalue weighted by Crippen LogP contribution is -2.75. The van der Waals surface area contributed by atoms with Crippen LogP contribution < -0.4 is 10.9 Å². The zero-order valence-electron chi connectivity index (χ0n) is 13.5. The summed E-state index contributed by atoms with van der Waals surface area (Å²) in [6.45, 7) is 0.430. The molecule has 0 aromatic heterocycles. The number of nitrogen functional groups attached to an aromatic ring is 1. The van der Waals surface area contributed by atoms with Gasteiger partial charge < -0.3 is 0 Å². The monoisotopic (exact) mass is 332 g/mol. The minimum atomic E-state index is -0.401. The van der Waals surface area contributed by atoms with E-state index < -0.39 is 5.97 Å². The number of nitrogens with zero attached hydrogens (tertiary/aromatic N) is 1. The van der Waals surface area contributed by atoms with Gasteiger partial charge in [-0.1, -0.05) is 29.8 Å². The second-order valence-corrected chi connectivity index (χ2v) is 5.61. The van der Waals surface area contributed by atoms with Gasteiger partial charge in [-0.05, 0) is 25.0 Å². The van der Waals surface area contributed by atoms with Gasteiger partial charge in [0.1, 0.15) is 0 Å². The first-order valence-electron chi connectivity index (χ1n) is 8.04. The van der Waals surface area contributed by atoms with E-state index in [0.29, 0.717) is 32.2 Å². The Bertz CT molecular complexity index is 612. The van der Waals surface area contributed by atoms with Gasteiger partial charge in [0.05, 0.1) is 12.0 Å². The molecule has 2 rings (SSSR count). The molecule has 0 bridgehead atoms. The highest BCUT2D eigenvalue weighted by molar-refractivity contribution is 6.01. The number of hydrogen-bond donors (Lipinski definition) is 2. The molecule has 0 atom stereocenters. The van der Waals surface area contributed by atoms with E-state index in [2.05, 4.69) is 5.16 Å². The van der Waals surface area contributed by atoms with Crippen molar-refractivity contribution < 1.29 is 24.4 Å². The van der Waals surface area contributed by atoms with Crippen LogP contribution in [0.5, 0.6) is 0 Å². The van der Waals surface area contributed by atoms with Gasteiger partial charge in [-0.3, -0.25) is 25.1 Å². The number of carbonyl (C=O) groups is 3. The Labute approximate surface area is 140 Å². The van der Waals surface area contributed by atoms with Crippen molar-refractivity contribution in [2.24, 2.45) is 5.73 Å². The molecule has 7 nitrogen and oxygen atoms in total. The molecule has 1 saturated heterocycles. The molecule has 0 saturated carbocycles. The maximum Gasteiger partial charge on any atom is 0.357 e. The lowest BCUT2D eigenvalue weighted by atomic mass is 10.2. The number of likely N-dealkylation sites (tertiary alicyclic amines) is 1. The molecule has 24 heavy (non-hydrogen) atoms. The van der Waals surface area contributed by atoms with Crippen molar-refractivity contribution in [2.45, 2.75) is 38.5 Å². The summed E-state index contributed by atoms with van der Waals surface area (Å²) in [4.78, 5) is 40.7. The number of unbranched alkanes of at least 4 members (excludes halogenated alkanes) is 2. The van der Waals surface area contributed by atoms with Crippen molar-refractivity contribution in [1.82, 2.24) is 4.90 Å². The molecule has 128 valence electrons. The second-order valence-electron chi connectivity index (χ2n) is 5.61. The molecule has 1 aromatic rings. The Morgan fingerprint density at radius 3 is 2.42 bits per heavy atom. The molecule has 1 fully saturated rings. The Morgan fingerprint density at radius 2 is 1.75 bits per heavy atom. The minimum Gasteiger partial charge on any atom is -0.284 e. The van der Waals surface area contributed by atoms with Gasteiger partial charge in [-0.15, -0.1) is 0 Å². The third-order valence-corrected chi connectivity index (χ3v) is 3.78. The van der Waals surface area contributed by atoms with E-state index in [1.807, 2.05) is 18.2 Å². The molecule has 1 heterocycles. The van der Waals surface area contributed by atoms with Crippen molar-refractivity contribution in [3.63, 3.8) is 0 Å².